The van der Waals surface area contributed by atoms with Crippen molar-refractivity contribution in [2.75, 3.05) is 7.11 Å². The molecule has 4 nitrogen and oxygen atoms in total. The zero-order valence-corrected chi connectivity index (χ0v) is 16.6. The zero-order valence-electron chi connectivity index (χ0n) is 16.6. The molecule has 4 heteroatoms. The van der Waals surface area contributed by atoms with Gasteiger partial charge in [-0.25, -0.2) is 9.68 Å². The number of allylic oxidation sites excluding steroid dienone is 2. The quantitative estimate of drug-likeness (QED) is 0.245. The summed E-state index contributed by atoms with van der Waals surface area (Å²) in [7, 11) is 1.41. The highest BCUT2D eigenvalue weighted by Gasteiger charge is 2.54. The molecule has 1 N–H and O–H groups in total. The van der Waals surface area contributed by atoms with E-state index in [-0.39, 0.29) is 22.9 Å². The van der Waals surface area contributed by atoms with Crippen molar-refractivity contribution in [2.24, 2.45) is 22.7 Å². The van der Waals surface area contributed by atoms with Gasteiger partial charge in [-0.2, -0.15) is 0 Å². The minimum atomic E-state index is -0.283. The second-order valence-electron chi connectivity index (χ2n) is 8.66. The molecule has 5 atom stereocenters. The summed E-state index contributed by atoms with van der Waals surface area (Å²) in [6.07, 6.45) is 8.64. The number of hydrogen-bond donors (Lipinski definition) is 1. The van der Waals surface area contributed by atoms with Gasteiger partial charge in [0.2, 0.25) is 0 Å². The van der Waals surface area contributed by atoms with Gasteiger partial charge in [0.15, 0.2) is 0 Å². The van der Waals surface area contributed by atoms with E-state index in [1.165, 1.54) is 25.5 Å². The smallest absolute Gasteiger partial charge is 0.330 e. The topological polar surface area (TPSA) is 55.8 Å². The average Bonchev–Trinajstić information content (AvgIpc) is 2.58. The van der Waals surface area contributed by atoms with Gasteiger partial charge in [0.05, 0.1) is 7.11 Å². The summed E-state index contributed by atoms with van der Waals surface area (Å²) < 4.78 is 4.74. The molecule has 0 heterocycles. The van der Waals surface area contributed by atoms with Crippen LogP contribution in [0, 0.1) is 22.7 Å². The molecule has 0 unspecified atom stereocenters. The first-order chi connectivity index (χ1) is 11.7. The van der Waals surface area contributed by atoms with Gasteiger partial charge in [-0.3, -0.25) is 5.26 Å². The summed E-state index contributed by atoms with van der Waals surface area (Å²) in [6.45, 7) is 11.3. The maximum atomic E-state index is 11.5. The van der Waals surface area contributed by atoms with Crippen LogP contribution in [0.4, 0.5) is 0 Å². The van der Waals surface area contributed by atoms with Crippen LogP contribution in [0.15, 0.2) is 23.3 Å². The Hall–Kier alpha value is -1.13. The van der Waals surface area contributed by atoms with E-state index in [1.807, 2.05) is 6.92 Å². The molecule has 0 saturated heterocycles. The first kappa shape index (κ1) is 20.2. The van der Waals surface area contributed by atoms with Gasteiger partial charge in [0.25, 0.3) is 0 Å². The number of methoxy groups -OCH3 is 1. The van der Waals surface area contributed by atoms with Crippen molar-refractivity contribution in [3.05, 3.63) is 23.3 Å². The Balaban J connectivity index is 2.26. The van der Waals surface area contributed by atoms with Gasteiger partial charge >= 0.3 is 5.97 Å². The maximum absolute atomic E-state index is 11.5. The number of rotatable bonds is 5. The molecule has 0 aromatic heterocycles. The number of carbonyl (C=O) groups is 1. The Morgan fingerprint density at radius 3 is 2.72 bits per heavy atom. The highest BCUT2D eigenvalue weighted by atomic mass is 17.1. The lowest BCUT2D eigenvalue weighted by molar-refractivity contribution is -0.276. The second-order valence-corrected chi connectivity index (χ2v) is 8.66. The Bertz CT molecular complexity index is 564. The number of carbonyl (C=O) groups excluding carboxylic acids is 1. The third-order valence-electron chi connectivity index (χ3n) is 7.35. The molecule has 2 aliphatic carbocycles. The molecule has 0 radical (unpaired) electrons. The van der Waals surface area contributed by atoms with E-state index in [1.54, 1.807) is 6.08 Å². The summed E-state index contributed by atoms with van der Waals surface area (Å²) >= 11 is 0. The van der Waals surface area contributed by atoms with Crippen LogP contribution in [-0.2, 0) is 14.4 Å². The number of ether oxygens (including phenoxy) is 1. The lowest BCUT2D eigenvalue weighted by Gasteiger charge is -2.58. The van der Waals surface area contributed by atoms with E-state index in [2.05, 4.69) is 33.8 Å². The normalized spacial score (nSPS) is 38.8. The molecular formula is C21H34O4. The molecular weight excluding hydrogens is 316 g/mol. The predicted octanol–water partition coefficient (Wildman–Crippen LogP) is 5.15. The van der Waals surface area contributed by atoms with E-state index in [0.29, 0.717) is 11.8 Å². The first-order valence-electron chi connectivity index (χ1n) is 9.41. The second kappa shape index (κ2) is 7.63. The van der Waals surface area contributed by atoms with Crippen molar-refractivity contribution in [3.63, 3.8) is 0 Å². The summed E-state index contributed by atoms with van der Waals surface area (Å²) in [5, 5.41) is 9.26. The molecule has 0 bridgehead atoms. The highest BCUT2D eigenvalue weighted by Crippen LogP contribution is 2.62. The lowest BCUT2D eigenvalue weighted by atomic mass is 9.46. The Morgan fingerprint density at radius 1 is 1.44 bits per heavy atom. The van der Waals surface area contributed by atoms with Crippen molar-refractivity contribution in [3.8, 4) is 0 Å². The van der Waals surface area contributed by atoms with Crippen molar-refractivity contribution >= 4 is 5.97 Å². The van der Waals surface area contributed by atoms with E-state index >= 15 is 0 Å². The van der Waals surface area contributed by atoms with Gasteiger partial charge < -0.3 is 4.74 Å². The van der Waals surface area contributed by atoms with Crippen LogP contribution in [0.2, 0.25) is 0 Å². The Kier molecular flexibility index (Phi) is 6.16. The lowest BCUT2D eigenvalue weighted by Crippen LogP contribution is -2.51. The predicted molar refractivity (Wildman–Crippen MR) is 99.0 cm³/mol. The van der Waals surface area contributed by atoms with Crippen molar-refractivity contribution in [2.45, 2.75) is 72.8 Å². The van der Waals surface area contributed by atoms with Crippen LogP contribution in [0.3, 0.4) is 0 Å². The summed E-state index contributed by atoms with van der Waals surface area (Å²) in [5.41, 5.74) is 2.70. The largest absolute Gasteiger partial charge is 0.466 e. The molecule has 0 aromatic carbocycles. The number of esters is 1. The number of fused-ring (bicyclic) bond motifs is 1. The van der Waals surface area contributed by atoms with E-state index in [0.717, 1.165) is 24.8 Å². The highest BCUT2D eigenvalue weighted by molar-refractivity contribution is 5.82. The molecule has 142 valence electrons. The third-order valence-corrected chi connectivity index (χ3v) is 7.35. The summed E-state index contributed by atoms with van der Waals surface area (Å²) in [4.78, 5) is 16.2. The van der Waals surface area contributed by atoms with Crippen LogP contribution in [0.1, 0.15) is 66.7 Å². The van der Waals surface area contributed by atoms with Crippen LogP contribution >= 0.6 is 0 Å². The Morgan fingerprint density at radius 2 is 2.12 bits per heavy atom. The monoisotopic (exact) mass is 350 g/mol. The molecule has 25 heavy (non-hydrogen) atoms. The van der Waals surface area contributed by atoms with Crippen molar-refractivity contribution < 1.29 is 19.7 Å². The minimum absolute atomic E-state index is 0.143. The summed E-state index contributed by atoms with van der Waals surface area (Å²) in [5.74, 6) is 0.771. The van der Waals surface area contributed by atoms with Gasteiger partial charge in [0, 0.05) is 6.08 Å². The van der Waals surface area contributed by atoms with Crippen LogP contribution in [0.5, 0.6) is 0 Å². The van der Waals surface area contributed by atoms with Gasteiger partial charge in [-0.05, 0) is 68.6 Å². The molecule has 1 fully saturated rings. The fourth-order valence-corrected chi connectivity index (χ4v) is 5.16. The summed E-state index contributed by atoms with van der Waals surface area (Å²) in [6, 6.07) is 0. The molecule has 2 rings (SSSR count). The zero-order chi connectivity index (χ0) is 18.8. The van der Waals surface area contributed by atoms with Gasteiger partial charge in [-0.15, -0.1) is 0 Å². The molecule has 0 aliphatic heterocycles. The average molecular weight is 350 g/mol. The van der Waals surface area contributed by atoms with Crippen molar-refractivity contribution in [1.82, 2.24) is 0 Å². The fourth-order valence-electron chi connectivity index (χ4n) is 5.16. The molecule has 2 aliphatic rings. The van der Waals surface area contributed by atoms with E-state index < -0.39 is 0 Å². The van der Waals surface area contributed by atoms with Gasteiger partial charge in [-0.1, -0.05) is 38.0 Å². The first-order valence-corrected chi connectivity index (χ1v) is 9.41. The molecule has 1 saturated carbocycles. The van der Waals surface area contributed by atoms with E-state index in [9.17, 15) is 10.1 Å². The minimum Gasteiger partial charge on any atom is -0.466 e. The van der Waals surface area contributed by atoms with Crippen LogP contribution in [0.25, 0.3) is 0 Å². The van der Waals surface area contributed by atoms with Crippen LogP contribution < -0.4 is 0 Å². The molecule has 0 aromatic rings. The van der Waals surface area contributed by atoms with Crippen LogP contribution in [-0.4, -0.2) is 24.4 Å². The molecule has 0 spiro atoms. The van der Waals surface area contributed by atoms with Gasteiger partial charge in [0.1, 0.15) is 6.10 Å². The number of hydrogen-bond acceptors (Lipinski definition) is 4. The Labute approximate surface area is 152 Å². The third kappa shape index (κ3) is 3.85. The fraction of sp³-hybridized carbons (Fsp3) is 0.762. The maximum Gasteiger partial charge on any atom is 0.330 e. The van der Waals surface area contributed by atoms with Crippen molar-refractivity contribution in [1.29, 1.82) is 0 Å². The van der Waals surface area contributed by atoms with E-state index in [4.69, 9.17) is 9.62 Å². The molecule has 0 amide bonds. The SMILES string of the molecule is COC(=O)/C=C(\C)CC[C@@]1(C)[C@H](C)CC[C@@]2(C)C(C)=C[C@@H](OO)C[C@H]12. The standard InChI is InChI=1S/C21H34O4/c1-14(11-19(22)24-6)7-9-20(4)15(2)8-10-21(5)16(3)12-17(25-23)13-18(20)21/h11-12,15,17-18,23H,7-10,13H2,1-6H3/b14-11+/t15-,17-,18-,20+,21+/m1/s1.